The summed E-state index contributed by atoms with van der Waals surface area (Å²) in [4.78, 5) is 26.4. The molecule has 0 saturated heterocycles. The van der Waals surface area contributed by atoms with E-state index in [9.17, 15) is 9.59 Å². The summed E-state index contributed by atoms with van der Waals surface area (Å²) in [6.07, 6.45) is 0.871. The van der Waals surface area contributed by atoms with E-state index in [1.807, 2.05) is 37.2 Å². The van der Waals surface area contributed by atoms with Crippen molar-refractivity contribution in [3.05, 3.63) is 59.2 Å². The van der Waals surface area contributed by atoms with E-state index in [1.54, 1.807) is 24.3 Å². The number of nitrogens with zero attached hydrogens (tertiary/aromatic N) is 2. The van der Waals surface area contributed by atoms with Crippen LogP contribution in [0.25, 0.3) is 0 Å². The van der Waals surface area contributed by atoms with E-state index in [0.29, 0.717) is 17.9 Å². The number of hydrogen-bond acceptors (Lipinski definition) is 5. The molecule has 7 nitrogen and oxygen atoms in total. The molecule has 0 bridgehead atoms. The summed E-state index contributed by atoms with van der Waals surface area (Å²) in [6, 6.07) is 14.4. The Hall–Kier alpha value is -3.37. The van der Waals surface area contributed by atoms with Crippen LogP contribution in [0.15, 0.2) is 42.5 Å². The third-order valence-corrected chi connectivity index (χ3v) is 4.68. The summed E-state index contributed by atoms with van der Waals surface area (Å²) in [5.41, 5.74) is 2.81. The quantitative estimate of drug-likeness (QED) is 0.775. The Morgan fingerprint density at radius 3 is 2.75 bits per heavy atom. The van der Waals surface area contributed by atoms with Gasteiger partial charge in [0.05, 0.1) is 23.9 Å². The number of fused-ring (bicyclic) bond motifs is 1. The molecule has 0 saturated carbocycles. The number of ether oxygens (including phenoxy) is 1. The second kappa shape index (κ2) is 8.55. The van der Waals surface area contributed by atoms with Gasteiger partial charge in [0.1, 0.15) is 11.8 Å². The number of hydrogen-bond donors (Lipinski definition) is 2. The zero-order valence-electron chi connectivity index (χ0n) is 15.9. The summed E-state index contributed by atoms with van der Waals surface area (Å²) in [5.74, 6) is -0.646. The highest BCUT2D eigenvalue weighted by Crippen LogP contribution is 2.29. The molecule has 144 valence electrons. The molecule has 2 aromatic rings. The molecule has 1 heterocycles. The molecule has 1 aliphatic rings. The predicted molar refractivity (Wildman–Crippen MR) is 105 cm³/mol. The molecule has 2 amide bonds. The van der Waals surface area contributed by atoms with Crippen molar-refractivity contribution in [1.29, 1.82) is 5.26 Å². The minimum absolute atomic E-state index is 0.0888. The second-order valence-corrected chi connectivity index (χ2v) is 6.77. The van der Waals surface area contributed by atoms with Crippen molar-refractivity contribution in [2.24, 2.45) is 0 Å². The highest BCUT2D eigenvalue weighted by atomic mass is 16.5. The number of rotatable bonds is 5. The fraction of sp³-hybridized carbons (Fsp3) is 0.286. The number of amides is 2. The topological polar surface area (TPSA) is 94.5 Å². The molecule has 2 aromatic carbocycles. The van der Waals surface area contributed by atoms with Gasteiger partial charge in [0.25, 0.3) is 0 Å². The molecular weight excluding hydrogens is 356 g/mol. The molecule has 3 rings (SSSR count). The van der Waals surface area contributed by atoms with Crippen molar-refractivity contribution in [1.82, 2.24) is 10.2 Å². The maximum Gasteiger partial charge on any atom is 0.313 e. The van der Waals surface area contributed by atoms with Crippen molar-refractivity contribution >= 4 is 17.5 Å². The predicted octanol–water partition coefficient (Wildman–Crippen LogP) is 1.85. The molecule has 2 N–H and O–H groups in total. The monoisotopic (exact) mass is 378 g/mol. The number of likely N-dealkylation sites (N-methyl/N-ethyl adjacent to an activating group) is 1. The highest BCUT2D eigenvalue weighted by molar-refractivity contribution is 6.39. The van der Waals surface area contributed by atoms with Gasteiger partial charge in [-0.15, -0.1) is 0 Å². The van der Waals surface area contributed by atoms with Gasteiger partial charge in [-0.3, -0.25) is 9.59 Å². The van der Waals surface area contributed by atoms with E-state index in [1.165, 1.54) is 0 Å². The molecule has 0 radical (unpaired) electrons. The van der Waals surface area contributed by atoms with E-state index in [4.69, 9.17) is 10.00 Å². The number of nitrogens with one attached hydrogen (secondary N) is 2. The first-order valence-corrected chi connectivity index (χ1v) is 9.00. The van der Waals surface area contributed by atoms with Gasteiger partial charge < -0.3 is 20.3 Å². The molecular formula is C21H22N4O3. The molecule has 0 aliphatic carbocycles. The van der Waals surface area contributed by atoms with Crippen LogP contribution >= 0.6 is 0 Å². The van der Waals surface area contributed by atoms with Gasteiger partial charge >= 0.3 is 11.8 Å². The average Bonchev–Trinajstić information content (AvgIpc) is 3.16. The van der Waals surface area contributed by atoms with E-state index in [2.05, 4.69) is 16.7 Å². The average molecular weight is 378 g/mol. The number of para-hydroxylation sites is 1. The Morgan fingerprint density at radius 2 is 2.00 bits per heavy atom. The van der Waals surface area contributed by atoms with Crippen molar-refractivity contribution in [3.8, 4) is 11.8 Å². The fourth-order valence-electron chi connectivity index (χ4n) is 3.15. The van der Waals surface area contributed by atoms with Gasteiger partial charge in [-0.05, 0) is 43.4 Å². The van der Waals surface area contributed by atoms with Gasteiger partial charge in [0.2, 0.25) is 0 Å². The first kappa shape index (κ1) is 19.4. The van der Waals surface area contributed by atoms with Crippen LogP contribution in [-0.2, 0) is 16.0 Å². The van der Waals surface area contributed by atoms with Crippen LogP contribution in [0.4, 0.5) is 5.69 Å². The minimum atomic E-state index is -0.803. The molecule has 0 unspecified atom stereocenters. The van der Waals surface area contributed by atoms with E-state index >= 15 is 0 Å². The molecule has 0 fully saturated rings. The zero-order valence-corrected chi connectivity index (χ0v) is 15.9. The summed E-state index contributed by atoms with van der Waals surface area (Å²) < 4.78 is 5.54. The van der Waals surface area contributed by atoms with Crippen molar-refractivity contribution in [3.63, 3.8) is 0 Å². The Bertz CT molecular complexity index is 933. The molecule has 1 aliphatic heterocycles. The maximum absolute atomic E-state index is 12.2. The fourth-order valence-corrected chi connectivity index (χ4v) is 3.15. The van der Waals surface area contributed by atoms with Crippen molar-refractivity contribution < 1.29 is 14.3 Å². The molecule has 7 heteroatoms. The van der Waals surface area contributed by atoms with Crippen LogP contribution in [0.5, 0.6) is 5.75 Å². The number of anilines is 1. The normalized spacial score (nSPS) is 13.2. The Labute approximate surface area is 163 Å². The number of benzene rings is 2. The van der Waals surface area contributed by atoms with Gasteiger partial charge in [0, 0.05) is 13.0 Å². The number of carbonyl (C=O) groups is 2. The van der Waals surface area contributed by atoms with Crippen molar-refractivity contribution in [2.75, 3.05) is 32.6 Å². The van der Waals surface area contributed by atoms with Crippen LogP contribution in [0.3, 0.4) is 0 Å². The first-order valence-electron chi connectivity index (χ1n) is 9.00. The third-order valence-electron chi connectivity index (χ3n) is 4.68. The lowest BCUT2D eigenvalue weighted by atomic mass is 10.0. The largest absolute Gasteiger partial charge is 0.493 e. The van der Waals surface area contributed by atoms with E-state index in [0.717, 1.165) is 23.3 Å². The van der Waals surface area contributed by atoms with Crippen molar-refractivity contribution in [2.45, 2.75) is 12.5 Å². The Kier molecular flexibility index (Phi) is 5.92. The first-order chi connectivity index (χ1) is 13.5. The SMILES string of the molecule is CN(C)[C@@H](CNC(=O)C(=O)Nc1ccccc1C#N)c1ccc2c(c1)CCO2. The highest BCUT2D eigenvalue weighted by Gasteiger charge is 2.21. The third kappa shape index (κ3) is 4.30. The second-order valence-electron chi connectivity index (χ2n) is 6.77. The maximum atomic E-state index is 12.2. The molecule has 1 atom stereocenters. The Balaban J connectivity index is 1.64. The molecule has 28 heavy (non-hydrogen) atoms. The lowest BCUT2D eigenvalue weighted by Crippen LogP contribution is -2.40. The minimum Gasteiger partial charge on any atom is -0.493 e. The van der Waals surface area contributed by atoms with Crippen LogP contribution in [0, 0.1) is 11.3 Å². The van der Waals surface area contributed by atoms with Crippen LogP contribution in [0.2, 0.25) is 0 Å². The van der Waals surface area contributed by atoms with Gasteiger partial charge in [-0.2, -0.15) is 5.26 Å². The van der Waals surface area contributed by atoms with Gasteiger partial charge in [-0.25, -0.2) is 0 Å². The molecule has 0 aromatic heterocycles. The van der Waals surface area contributed by atoms with Gasteiger partial charge in [0.15, 0.2) is 0 Å². The zero-order chi connectivity index (χ0) is 20.1. The standard InChI is InChI=1S/C21H22N4O3/c1-25(2)18(14-7-8-19-15(11-14)9-10-28-19)13-23-20(26)21(27)24-17-6-4-3-5-16(17)12-22/h3-8,11,18H,9-10,13H2,1-2H3,(H,23,26)(H,24,27)/t18-/m0/s1. The van der Waals surface area contributed by atoms with Crippen LogP contribution in [0.1, 0.15) is 22.7 Å². The summed E-state index contributed by atoms with van der Waals surface area (Å²) in [6.45, 7) is 0.964. The summed E-state index contributed by atoms with van der Waals surface area (Å²) in [5, 5.41) is 14.2. The summed E-state index contributed by atoms with van der Waals surface area (Å²) in [7, 11) is 3.84. The number of nitriles is 1. The van der Waals surface area contributed by atoms with E-state index in [-0.39, 0.29) is 12.6 Å². The van der Waals surface area contributed by atoms with Crippen LogP contribution < -0.4 is 15.4 Å². The number of carbonyl (C=O) groups excluding carboxylic acids is 2. The van der Waals surface area contributed by atoms with Gasteiger partial charge in [-0.1, -0.05) is 24.3 Å². The molecule has 0 spiro atoms. The Morgan fingerprint density at radius 1 is 1.21 bits per heavy atom. The van der Waals surface area contributed by atoms with Crippen LogP contribution in [-0.4, -0.2) is 44.0 Å². The lowest BCUT2D eigenvalue weighted by Gasteiger charge is -2.25. The summed E-state index contributed by atoms with van der Waals surface area (Å²) >= 11 is 0. The van der Waals surface area contributed by atoms with E-state index < -0.39 is 11.8 Å². The smallest absolute Gasteiger partial charge is 0.313 e. The lowest BCUT2D eigenvalue weighted by molar-refractivity contribution is -0.136.